The molecule has 0 bridgehead atoms. The van der Waals surface area contributed by atoms with Crippen molar-refractivity contribution < 1.29 is 9.15 Å². The molecule has 0 radical (unpaired) electrons. The summed E-state index contributed by atoms with van der Waals surface area (Å²) in [6.07, 6.45) is 2.39. The average Bonchev–Trinajstić information content (AvgIpc) is 2.76. The van der Waals surface area contributed by atoms with Crippen LogP contribution >= 0.6 is 0 Å². The van der Waals surface area contributed by atoms with Gasteiger partial charge in [0.05, 0.1) is 19.4 Å². The first kappa shape index (κ1) is 12.7. The molecule has 2 N–H and O–H groups in total. The lowest BCUT2D eigenvalue weighted by atomic mass is 10.0. The van der Waals surface area contributed by atoms with E-state index in [9.17, 15) is 0 Å². The van der Waals surface area contributed by atoms with Gasteiger partial charge < -0.3 is 14.9 Å². The van der Waals surface area contributed by atoms with Crippen LogP contribution in [-0.4, -0.2) is 7.11 Å². The van der Waals surface area contributed by atoms with Crippen LogP contribution in [0.3, 0.4) is 0 Å². The van der Waals surface area contributed by atoms with Crippen molar-refractivity contribution in [3.8, 4) is 5.75 Å². The fourth-order valence-corrected chi connectivity index (χ4v) is 2.16. The van der Waals surface area contributed by atoms with Crippen LogP contribution in [0.25, 0.3) is 0 Å². The van der Waals surface area contributed by atoms with E-state index in [1.165, 1.54) is 5.56 Å². The Morgan fingerprint density at radius 1 is 1.28 bits per heavy atom. The van der Waals surface area contributed by atoms with Gasteiger partial charge in [0.15, 0.2) is 0 Å². The molecule has 2 rings (SSSR count). The number of aryl methyl sites for hydroxylation is 2. The van der Waals surface area contributed by atoms with Crippen LogP contribution in [0.15, 0.2) is 34.9 Å². The summed E-state index contributed by atoms with van der Waals surface area (Å²) in [6.45, 7) is 4.07. The van der Waals surface area contributed by atoms with E-state index in [0.717, 1.165) is 22.6 Å². The molecule has 3 heteroatoms. The summed E-state index contributed by atoms with van der Waals surface area (Å²) >= 11 is 0. The van der Waals surface area contributed by atoms with Crippen molar-refractivity contribution >= 4 is 0 Å². The zero-order valence-corrected chi connectivity index (χ0v) is 11.1. The first-order valence-electron chi connectivity index (χ1n) is 6.05. The molecular formula is C15H19NO2. The van der Waals surface area contributed by atoms with Gasteiger partial charge in [-0.25, -0.2) is 0 Å². The maximum atomic E-state index is 6.20. The van der Waals surface area contributed by atoms with Crippen molar-refractivity contribution in [3.05, 3.63) is 53.0 Å². The molecule has 2 aromatic rings. The van der Waals surface area contributed by atoms with Crippen LogP contribution in [-0.2, 0) is 6.42 Å². The van der Waals surface area contributed by atoms with E-state index in [0.29, 0.717) is 6.42 Å². The van der Waals surface area contributed by atoms with Crippen molar-refractivity contribution in [1.82, 2.24) is 0 Å². The van der Waals surface area contributed by atoms with E-state index in [1.807, 2.05) is 25.1 Å². The Hall–Kier alpha value is -1.74. The number of methoxy groups -OCH3 is 1. The van der Waals surface area contributed by atoms with Crippen molar-refractivity contribution in [2.24, 2.45) is 5.73 Å². The van der Waals surface area contributed by atoms with Crippen LogP contribution in [0, 0.1) is 13.8 Å². The third-order valence-corrected chi connectivity index (χ3v) is 3.11. The smallest absolute Gasteiger partial charge is 0.123 e. The Bertz CT molecular complexity index is 531. The summed E-state index contributed by atoms with van der Waals surface area (Å²) in [7, 11) is 1.68. The van der Waals surface area contributed by atoms with Crippen molar-refractivity contribution in [2.45, 2.75) is 26.3 Å². The summed E-state index contributed by atoms with van der Waals surface area (Å²) in [6, 6.07) is 7.91. The highest BCUT2D eigenvalue weighted by Crippen LogP contribution is 2.26. The van der Waals surface area contributed by atoms with Crippen molar-refractivity contribution in [2.75, 3.05) is 7.11 Å². The zero-order valence-electron chi connectivity index (χ0n) is 11.1. The molecule has 0 aliphatic heterocycles. The number of nitrogens with two attached hydrogens (primary N) is 1. The number of furan rings is 1. The monoisotopic (exact) mass is 245 g/mol. The van der Waals surface area contributed by atoms with Gasteiger partial charge in [0.2, 0.25) is 0 Å². The highest BCUT2D eigenvalue weighted by atomic mass is 16.5. The Kier molecular flexibility index (Phi) is 3.72. The van der Waals surface area contributed by atoms with Crippen LogP contribution in [0.5, 0.6) is 5.75 Å². The normalized spacial score (nSPS) is 12.4. The summed E-state index contributed by atoms with van der Waals surface area (Å²) < 4.78 is 10.8. The van der Waals surface area contributed by atoms with Gasteiger partial charge in [-0.05, 0) is 43.5 Å². The molecule has 1 aromatic carbocycles. The lowest BCUT2D eigenvalue weighted by Gasteiger charge is -2.14. The van der Waals surface area contributed by atoms with Gasteiger partial charge in [0, 0.05) is 0 Å². The van der Waals surface area contributed by atoms with E-state index in [-0.39, 0.29) is 6.04 Å². The molecule has 1 aromatic heterocycles. The van der Waals surface area contributed by atoms with Crippen LogP contribution in [0.1, 0.15) is 28.5 Å². The topological polar surface area (TPSA) is 48.4 Å². The molecule has 3 nitrogen and oxygen atoms in total. The standard InChI is InChI=1S/C15H19NO2/c1-10-4-5-14(17-3)12(8-10)9-13(16)15-11(2)6-7-18-15/h4-8,13H,9,16H2,1-3H3. The summed E-state index contributed by atoms with van der Waals surface area (Å²) in [5.74, 6) is 1.72. The van der Waals surface area contributed by atoms with E-state index < -0.39 is 0 Å². The SMILES string of the molecule is COc1ccc(C)cc1CC(N)c1occc1C. The highest BCUT2D eigenvalue weighted by Gasteiger charge is 2.15. The predicted octanol–water partition coefficient (Wildman–Crippen LogP) is 3.15. The van der Waals surface area contributed by atoms with Gasteiger partial charge in [-0.2, -0.15) is 0 Å². The highest BCUT2D eigenvalue weighted by molar-refractivity contribution is 5.38. The molecule has 0 aliphatic rings. The molecule has 0 aliphatic carbocycles. The molecule has 0 saturated carbocycles. The number of benzene rings is 1. The molecular weight excluding hydrogens is 226 g/mol. The number of rotatable bonds is 4. The van der Waals surface area contributed by atoms with Gasteiger partial charge in [-0.3, -0.25) is 0 Å². The van der Waals surface area contributed by atoms with Gasteiger partial charge in [0.25, 0.3) is 0 Å². The minimum atomic E-state index is -0.143. The quantitative estimate of drug-likeness (QED) is 0.900. The summed E-state index contributed by atoms with van der Waals surface area (Å²) in [5, 5.41) is 0. The molecule has 0 amide bonds. The molecule has 1 heterocycles. The van der Waals surface area contributed by atoms with Gasteiger partial charge in [0.1, 0.15) is 11.5 Å². The summed E-state index contributed by atoms with van der Waals surface area (Å²) in [4.78, 5) is 0. The van der Waals surface area contributed by atoms with Gasteiger partial charge >= 0.3 is 0 Å². The van der Waals surface area contributed by atoms with E-state index in [2.05, 4.69) is 13.0 Å². The van der Waals surface area contributed by atoms with Crippen LogP contribution in [0.2, 0.25) is 0 Å². The molecule has 0 saturated heterocycles. The van der Waals surface area contributed by atoms with Crippen LogP contribution < -0.4 is 10.5 Å². The van der Waals surface area contributed by atoms with E-state index in [4.69, 9.17) is 14.9 Å². The second kappa shape index (κ2) is 5.27. The summed E-state index contributed by atoms with van der Waals surface area (Å²) in [5.41, 5.74) is 9.60. The number of hydrogen-bond acceptors (Lipinski definition) is 3. The molecule has 96 valence electrons. The van der Waals surface area contributed by atoms with Crippen molar-refractivity contribution in [3.63, 3.8) is 0 Å². The zero-order chi connectivity index (χ0) is 13.1. The first-order chi connectivity index (χ1) is 8.61. The largest absolute Gasteiger partial charge is 0.496 e. The maximum absolute atomic E-state index is 6.20. The average molecular weight is 245 g/mol. The predicted molar refractivity (Wildman–Crippen MR) is 71.8 cm³/mol. The van der Waals surface area contributed by atoms with Crippen molar-refractivity contribution in [1.29, 1.82) is 0 Å². The fraction of sp³-hybridized carbons (Fsp3) is 0.333. The van der Waals surface area contributed by atoms with Crippen LogP contribution in [0.4, 0.5) is 0 Å². The lowest BCUT2D eigenvalue weighted by molar-refractivity contribution is 0.404. The fourth-order valence-electron chi connectivity index (χ4n) is 2.16. The Morgan fingerprint density at radius 2 is 2.06 bits per heavy atom. The minimum Gasteiger partial charge on any atom is -0.496 e. The Labute approximate surface area is 108 Å². The molecule has 0 spiro atoms. The third-order valence-electron chi connectivity index (χ3n) is 3.11. The molecule has 1 unspecified atom stereocenters. The minimum absolute atomic E-state index is 0.143. The number of ether oxygens (including phenoxy) is 1. The maximum Gasteiger partial charge on any atom is 0.123 e. The Balaban J connectivity index is 2.23. The number of hydrogen-bond donors (Lipinski definition) is 1. The molecule has 1 atom stereocenters. The Morgan fingerprint density at radius 3 is 2.67 bits per heavy atom. The molecule has 0 fully saturated rings. The van der Waals surface area contributed by atoms with E-state index >= 15 is 0 Å². The molecule has 18 heavy (non-hydrogen) atoms. The lowest BCUT2D eigenvalue weighted by Crippen LogP contribution is -2.14. The first-order valence-corrected chi connectivity index (χ1v) is 6.05. The second-order valence-corrected chi connectivity index (χ2v) is 4.59. The van der Waals surface area contributed by atoms with Gasteiger partial charge in [-0.15, -0.1) is 0 Å². The third kappa shape index (κ3) is 2.57. The van der Waals surface area contributed by atoms with E-state index in [1.54, 1.807) is 13.4 Å². The second-order valence-electron chi connectivity index (χ2n) is 4.59. The van der Waals surface area contributed by atoms with Gasteiger partial charge in [-0.1, -0.05) is 17.7 Å².